The number of aromatic nitrogens is 2. The molecule has 7 heteroatoms. The third kappa shape index (κ3) is 3.08. The third-order valence-corrected chi connectivity index (χ3v) is 6.48. The van der Waals surface area contributed by atoms with Crippen LogP contribution in [0.1, 0.15) is 19.8 Å². The molecule has 7 nitrogen and oxygen atoms in total. The number of hydrogen-bond acceptors (Lipinski definition) is 7. The maximum atomic E-state index is 10.2. The van der Waals surface area contributed by atoms with Crippen LogP contribution in [0, 0.1) is 0 Å². The van der Waals surface area contributed by atoms with E-state index in [2.05, 4.69) is 43.6 Å². The van der Waals surface area contributed by atoms with Crippen molar-refractivity contribution in [2.75, 3.05) is 42.9 Å². The van der Waals surface area contributed by atoms with Crippen molar-refractivity contribution in [1.82, 2.24) is 20.4 Å². The van der Waals surface area contributed by atoms with Gasteiger partial charge in [0.2, 0.25) is 0 Å². The van der Waals surface area contributed by atoms with E-state index >= 15 is 0 Å². The molecule has 2 saturated heterocycles. The molecule has 3 aliphatic rings. The number of piperazine rings is 1. The zero-order valence-corrected chi connectivity index (χ0v) is 16.3. The molecule has 3 aliphatic heterocycles. The number of benzene rings is 1. The van der Waals surface area contributed by atoms with Crippen LogP contribution in [-0.4, -0.2) is 71.1 Å². The Labute approximate surface area is 165 Å². The highest BCUT2D eigenvalue weighted by Crippen LogP contribution is 2.38. The quantitative estimate of drug-likeness (QED) is 0.735. The van der Waals surface area contributed by atoms with Gasteiger partial charge in [-0.3, -0.25) is 4.90 Å². The summed E-state index contributed by atoms with van der Waals surface area (Å²) in [5.74, 6) is 1.08. The van der Waals surface area contributed by atoms with Gasteiger partial charge in [-0.15, -0.1) is 10.2 Å². The molecular formula is C21H28N6O. The number of fused-ring (bicyclic) bond motifs is 3. The highest BCUT2D eigenvalue weighted by Gasteiger charge is 2.39. The number of nitrogens with zero attached hydrogens (tertiary/aromatic N) is 4. The average Bonchev–Trinajstić information content (AvgIpc) is 2.74. The van der Waals surface area contributed by atoms with Crippen molar-refractivity contribution < 1.29 is 5.11 Å². The van der Waals surface area contributed by atoms with Gasteiger partial charge in [0.15, 0.2) is 5.82 Å². The summed E-state index contributed by atoms with van der Waals surface area (Å²) < 4.78 is 0. The second kappa shape index (κ2) is 7.22. The lowest BCUT2D eigenvalue weighted by Gasteiger charge is -2.50. The minimum atomic E-state index is 0.237. The minimum Gasteiger partial charge on any atom is -0.507 e. The first kappa shape index (κ1) is 17.7. The number of nitrogens with one attached hydrogen (secondary N) is 2. The molecular weight excluding hydrogens is 352 g/mol. The predicted octanol–water partition coefficient (Wildman–Crippen LogP) is 1.91. The minimum absolute atomic E-state index is 0.237. The van der Waals surface area contributed by atoms with E-state index < -0.39 is 0 Å². The summed E-state index contributed by atoms with van der Waals surface area (Å²) in [6.07, 6.45) is 2.49. The lowest BCUT2D eigenvalue weighted by molar-refractivity contribution is 0.128. The van der Waals surface area contributed by atoms with Gasteiger partial charge in [-0.05, 0) is 51.1 Å². The number of hydrogen-bond donors (Lipinski definition) is 3. The first-order valence-corrected chi connectivity index (χ1v) is 10.3. The Hall–Kier alpha value is -2.38. The van der Waals surface area contributed by atoms with E-state index in [0.29, 0.717) is 23.8 Å². The topological polar surface area (TPSA) is 76.6 Å². The SMILES string of the molecule is C[C@@H]1Nc2nnc(-c3ccccc3O)cc2N2CCN(C3CCNCC3)C[C@@H]12. The number of piperidine rings is 1. The molecule has 0 spiro atoms. The van der Waals surface area contributed by atoms with Gasteiger partial charge in [0.25, 0.3) is 0 Å². The maximum absolute atomic E-state index is 10.2. The molecule has 1 aromatic heterocycles. The lowest BCUT2D eigenvalue weighted by Crippen LogP contribution is -2.63. The predicted molar refractivity (Wildman–Crippen MR) is 111 cm³/mol. The number of anilines is 2. The van der Waals surface area contributed by atoms with E-state index in [-0.39, 0.29) is 5.75 Å². The van der Waals surface area contributed by atoms with E-state index in [9.17, 15) is 5.11 Å². The van der Waals surface area contributed by atoms with Crippen LogP contribution < -0.4 is 15.5 Å². The van der Waals surface area contributed by atoms with Gasteiger partial charge in [0, 0.05) is 37.3 Å². The Balaban J connectivity index is 1.43. The molecule has 0 unspecified atom stereocenters. The number of rotatable bonds is 2. The second-order valence-electron chi connectivity index (χ2n) is 8.15. The molecule has 0 saturated carbocycles. The summed E-state index contributed by atoms with van der Waals surface area (Å²) in [5, 5.41) is 26.1. The first-order chi connectivity index (χ1) is 13.7. The van der Waals surface area contributed by atoms with Crippen molar-refractivity contribution >= 4 is 11.5 Å². The highest BCUT2D eigenvalue weighted by molar-refractivity contribution is 5.76. The van der Waals surface area contributed by atoms with Gasteiger partial charge >= 0.3 is 0 Å². The molecule has 0 amide bonds. The summed E-state index contributed by atoms with van der Waals surface area (Å²) in [6.45, 7) is 7.66. The van der Waals surface area contributed by atoms with Crippen molar-refractivity contribution in [3.63, 3.8) is 0 Å². The molecule has 0 radical (unpaired) electrons. The zero-order chi connectivity index (χ0) is 19.1. The Kier molecular flexibility index (Phi) is 4.56. The number of aromatic hydroxyl groups is 1. The van der Waals surface area contributed by atoms with E-state index in [0.717, 1.165) is 49.8 Å². The van der Waals surface area contributed by atoms with Crippen LogP contribution in [0.3, 0.4) is 0 Å². The fourth-order valence-electron chi connectivity index (χ4n) is 4.90. The Morgan fingerprint density at radius 2 is 1.93 bits per heavy atom. The van der Waals surface area contributed by atoms with Crippen molar-refractivity contribution in [2.45, 2.75) is 37.9 Å². The van der Waals surface area contributed by atoms with Gasteiger partial charge in [-0.1, -0.05) is 12.1 Å². The molecule has 148 valence electrons. The van der Waals surface area contributed by atoms with Gasteiger partial charge in [-0.2, -0.15) is 0 Å². The molecule has 2 aromatic rings. The number of phenolic OH excluding ortho intramolecular Hbond substituents is 1. The van der Waals surface area contributed by atoms with Crippen LogP contribution in [0.4, 0.5) is 11.5 Å². The molecule has 5 rings (SSSR count). The monoisotopic (exact) mass is 380 g/mol. The largest absolute Gasteiger partial charge is 0.507 e. The van der Waals surface area contributed by atoms with Crippen molar-refractivity contribution in [2.24, 2.45) is 0 Å². The van der Waals surface area contributed by atoms with Crippen LogP contribution in [0.2, 0.25) is 0 Å². The number of phenols is 1. The van der Waals surface area contributed by atoms with Gasteiger partial charge in [0.1, 0.15) is 5.75 Å². The molecule has 1 aromatic carbocycles. The van der Waals surface area contributed by atoms with Crippen LogP contribution in [0.15, 0.2) is 30.3 Å². The van der Waals surface area contributed by atoms with Gasteiger partial charge in [0.05, 0.1) is 17.4 Å². The van der Waals surface area contributed by atoms with Crippen LogP contribution in [0.5, 0.6) is 5.75 Å². The van der Waals surface area contributed by atoms with Crippen LogP contribution in [0.25, 0.3) is 11.3 Å². The van der Waals surface area contributed by atoms with Crippen molar-refractivity contribution in [3.8, 4) is 17.0 Å². The molecule has 2 fully saturated rings. The van der Waals surface area contributed by atoms with E-state index in [1.807, 2.05) is 18.2 Å². The van der Waals surface area contributed by atoms with Crippen molar-refractivity contribution in [3.05, 3.63) is 30.3 Å². The number of para-hydroxylation sites is 1. The lowest BCUT2D eigenvalue weighted by atomic mass is 9.96. The van der Waals surface area contributed by atoms with Gasteiger partial charge < -0.3 is 20.6 Å². The molecule has 4 heterocycles. The third-order valence-electron chi connectivity index (χ3n) is 6.48. The van der Waals surface area contributed by atoms with Crippen LogP contribution in [-0.2, 0) is 0 Å². The Bertz CT molecular complexity index is 853. The average molecular weight is 380 g/mol. The Morgan fingerprint density at radius 3 is 2.75 bits per heavy atom. The van der Waals surface area contributed by atoms with E-state index in [4.69, 9.17) is 0 Å². The summed E-state index contributed by atoms with van der Waals surface area (Å²) in [7, 11) is 0. The maximum Gasteiger partial charge on any atom is 0.172 e. The molecule has 2 atom stereocenters. The van der Waals surface area contributed by atoms with Crippen molar-refractivity contribution in [1.29, 1.82) is 0 Å². The normalized spacial score (nSPS) is 25.7. The summed E-state index contributed by atoms with van der Waals surface area (Å²) in [6, 6.07) is 10.8. The second-order valence-corrected chi connectivity index (χ2v) is 8.15. The summed E-state index contributed by atoms with van der Waals surface area (Å²) >= 11 is 0. The zero-order valence-electron chi connectivity index (χ0n) is 16.3. The molecule has 0 bridgehead atoms. The van der Waals surface area contributed by atoms with E-state index in [1.165, 1.54) is 12.8 Å². The Morgan fingerprint density at radius 1 is 1.11 bits per heavy atom. The molecule has 3 N–H and O–H groups in total. The fraction of sp³-hybridized carbons (Fsp3) is 0.524. The molecule has 28 heavy (non-hydrogen) atoms. The van der Waals surface area contributed by atoms with E-state index in [1.54, 1.807) is 6.07 Å². The summed E-state index contributed by atoms with van der Waals surface area (Å²) in [5.41, 5.74) is 2.54. The molecule has 0 aliphatic carbocycles. The standard InChI is InChI=1S/C21H28N6O/c1-14-19-13-26(15-6-8-22-9-7-15)10-11-27(19)18-12-17(24-25-21(18)23-14)16-4-2-3-5-20(16)28/h2-5,12,14-15,19,22,28H,6-11,13H2,1H3,(H,23,25)/t14-,19-/m0/s1. The summed E-state index contributed by atoms with van der Waals surface area (Å²) in [4.78, 5) is 5.18. The smallest absolute Gasteiger partial charge is 0.172 e. The van der Waals surface area contributed by atoms with Crippen LogP contribution >= 0.6 is 0 Å². The first-order valence-electron chi connectivity index (χ1n) is 10.3. The van der Waals surface area contributed by atoms with Gasteiger partial charge in [-0.25, -0.2) is 0 Å². The highest BCUT2D eigenvalue weighted by atomic mass is 16.3. The fourth-order valence-corrected chi connectivity index (χ4v) is 4.90.